The standard InChI is InChI=1S/C10H15N3O3/c1-7-8(6-11-13(7)2)12-9(14)4-3-5-10(15)16/h6H,3-5H2,1-2H3,(H,12,14)(H,15,16). The second kappa shape index (κ2) is 5.29. The van der Waals surface area contributed by atoms with Gasteiger partial charge >= 0.3 is 5.97 Å². The number of carboxylic acid groups (broad SMARTS) is 1. The van der Waals surface area contributed by atoms with Crippen LogP contribution < -0.4 is 5.32 Å². The van der Waals surface area contributed by atoms with E-state index < -0.39 is 5.97 Å². The Balaban J connectivity index is 2.40. The zero-order valence-corrected chi connectivity index (χ0v) is 9.36. The molecule has 0 unspecified atom stereocenters. The van der Waals surface area contributed by atoms with E-state index in [9.17, 15) is 9.59 Å². The van der Waals surface area contributed by atoms with Crippen molar-refractivity contribution in [2.24, 2.45) is 7.05 Å². The summed E-state index contributed by atoms with van der Waals surface area (Å²) in [5.74, 6) is -1.07. The number of aliphatic carboxylic acids is 1. The fraction of sp³-hybridized carbons (Fsp3) is 0.500. The SMILES string of the molecule is Cc1c(NC(=O)CCCC(=O)O)cnn1C. The molecular weight excluding hydrogens is 210 g/mol. The van der Waals surface area contributed by atoms with E-state index in [0.717, 1.165) is 5.69 Å². The molecule has 2 N–H and O–H groups in total. The van der Waals surface area contributed by atoms with E-state index >= 15 is 0 Å². The van der Waals surface area contributed by atoms with E-state index in [1.165, 1.54) is 0 Å². The average Bonchev–Trinajstić information content (AvgIpc) is 2.49. The number of carbonyl (C=O) groups excluding carboxylic acids is 1. The monoisotopic (exact) mass is 225 g/mol. The van der Waals surface area contributed by atoms with Gasteiger partial charge in [-0.1, -0.05) is 0 Å². The van der Waals surface area contributed by atoms with Gasteiger partial charge in [0.15, 0.2) is 0 Å². The number of nitrogens with zero attached hydrogens (tertiary/aromatic N) is 2. The molecule has 1 heterocycles. The summed E-state index contributed by atoms with van der Waals surface area (Å²) in [6.45, 7) is 1.85. The highest BCUT2D eigenvalue weighted by Gasteiger charge is 2.08. The van der Waals surface area contributed by atoms with Gasteiger partial charge in [0.25, 0.3) is 0 Å². The molecule has 6 nitrogen and oxygen atoms in total. The number of carboxylic acids is 1. The van der Waals surface area contributed by atoms with Crippen LogP contribution in [0.2, 0.25) is 0 Å². The second-order valence-corrected chi connectivity index (χ2v) is 3.56. The van der Waals surface area contributed by atoms with Gasteiger partial charge in [0.1, 0.15) is 0 Å². The molecule has 0 aliphatic rings. The van der Waals surface area contributed by atoms with Crippen LogP contribution in [0.15, 0.2) is 6.20 Å². The van der Waals surface area contributed by atoms with Gasteiger partial charge in [-0.3, -0.25) is 14.3 Å². The zero-order valence-electron chi connectivity index (χ0n) is 9.36. The molecule has 0 aromatic carbocycles. The third-order valence-electron chi connectivity index (χ3n) is 2.30. The van der Waals surface area contributed by atoms with E-state index in [0.29, 0.717) is 12.1 Å². The summed E-state index contributed by atoms with van der Waals surface area (Å²) in [6, 6.07) is 0. The highest BCUT2D eigenvalue weighted by molar-refractivity contribution is 5.91. The van der Waals surface area contributed by atoms with Crippen LogP contribution in [0.25, 0.3) is 0 Å². The number of aromatic nitrogens is 2. The molecule has 0 spiro atoms. The van der Waals surface area contributed by atoms with Crippen LogP contribution in [0.3, 0.4) is 0 Å². The van der Waals surface area contributed by atoms with Crippen molar-refractivity contribution in [1.29, 1.82) is 0 Å². The van der Waals surface area contributed by atoms with Crippen molar-refractivity contribution in [1.82, 2.24) is 9.78 Å². The third-order valence-corrected chi connectivity index (χ3v) is 2.30. The molecule has 0 bridgehead atoms. The van der Waals surface area contributed by atoms with E-state index in [2.05, 4.69) is 10.4 Å². The van der Waals surface area contributed by atoms with Crippen LogP contribution in [0, 0.1) is 6.92 Å². The molecule has 0 radical (unpaired) electrons. The van der Waals surface area contributed by atoms with Crippen molar-refractivity contribution in [2.75, 3.05) is 5.32 Å². The lowest BCUT2D eigenvalue weighted by molar-refractivity contribution is -0.137. The highest BCUT2D eigenvalue weighted by atomic mass is 16.4. The first kappa shape index (κ1) is 12.2. The number of carbonyl (C=O) groups is 2. The summed E-state index contributed by atoms with van der Waals surface area (Å²) >= 11 is 0. The van der Waals surface area contributed by atoms with Crippen LogP contribution in [0.4, 0.5) is 5.69 Å². The molecular formula is C10H15N3O3. The quantitative estimate of drug-likeness (QED) is 0.780. The molecule has 88 valence electrons. The Morgan fingerprint density at radius 1 is 1.50 bits per heavy atom. The van der Waals surface area contributed by atoms with Crippen molar-refractivity contribution in [2.45, 2.75) is 26.2 Å². The number of amides is 1. The number of hydrogen-bond donors (Lipinski definition) is 2. The normalized spacial score (nSPS) is 10.1. The van der Waals surface area contributed by atoms with Gasteiger partial charge in [0.05, 0.1) is 17.6 Å². The topological polar surface area (TPSA) is 84.2 Å². The predicted octanol–water partition coefficient (Wildman–Crippen LogP) is 0.922. The van der Waals surface area contributed by atoms with E-state index in [-0.39, 0.29) is 18.7 Å². The van der Waals surface area contributed by atoms with E-state index in [4.69, 9.17) is 5.11 Å². The maximum atomic E-state index is 11.4. The molecule has 1 aromatic rings. The summed E-state index contributed by atoms with van der Waals surface area (Å²) in [4.78, 5) is 21.7. The van der Waals surface area contributed by atoms with E-state index in [1.807, 2.05) is 6.92 Å². The van der Waals surface area contributed by atoms with Gasteiger partial charge in [-0.2, -0.15) is 5.10 Å². The largest absolute Gasteiger partial charge is 0.481 e. The van der Waals surface area contributed by atoms with Crippen molar-refractivity contribution in [3.63, 3.8) is 0 Å². The van der Waals surface area contributed by atoms with Gasteiger partial charge in [-0.25, -0.2) is 0 Å². The molecule has 1 amide bonds. The van der Waals surface area contributed by atoms with E-state index in [1.54, 1.807) is 17.9 Å². The van der Waals surface area contributed by atoms with Gasteiger partial charge in [-0.05, 0) is 13.3 Å². The van der Waals surface area contributed by atoms with Crippen LogP contribution in [0.5, 0.6) is 0 Å². The van der Waals surface area contributed by atoms with Crippen LogP contribution in [-0.2, 0) is 16.6 Å². The van der Waals surface area contributed by atoms with Crippen molar-refractivity contribution >= 4 is 17.6 Å². The smallest absolute Gasteiger partial charge is 0.303 e. The summed E-state index contributed by atoms with van der Waals surface area (Å²) in [6.07, 6.45) is 2.14. The first-order chi connectivity index (χ1) is 7.50. The maximum absolute atomic E-state index is 11.4. The van der Waals surface area contributed by atoms with Gasteiger partial charge in [0, 0.05) is 19.9 Å². The Kier molecular flexibility index (Phi) is 4.04. The van der Waals surface area contributed by atoms with Crippen molar-refractivity contribution in [3.8, 4) is 0 Å². The van der Waals surface area contributed by atoms with Crippen LogP contribution in [0.1, 0.15) is 25.0 Å². The second-order valence-electron chi connectivity index (χ2n) is 3.56. The minimum Gasteiger partial charge on any atom is -0.481 e. The van der Waals surface area contributed by atoms with Gasteiger partial charge in [-0.15, -0.1) is 0 Å². The molecule has 0 atom stereocenters. The number of nitrogens with one attached hydrogen (secondary N) is 1. The molecule has 1 aromatic heterocycles. The molecule has 0 aliphatic heterocycles. The van der Waals surface area contributed by atoms with Gasteiger partial charge < -0.3 is 10.4 Å². The lowest BCUT2D eigenvalue weighted by Crippen LogP contribution is -2.12. The summed E-state index contributed by atoms with van der Waals surface area (Å²) < 4.78 is 1.66. The third kappa shape index (κ3) is 3.38. The predicted molar refractivity (Wildman–Crippen MR) is 58.1 cm³/mol. The first-order valence-corrected chi connectivity index (χ1v) is 5.01. The number of hydrogen-bond acceptors (Lipinski definition) is 3. The molecule has 0 fully saturated rings. The average molecular weight is 225 g/mol. The van der Waals surface area contributed by atoms with Crippen LogP contribution >= 0.6 is 0 Å². The number of rotatable bonds is 5. The first-order valence-electron chi connectivity index (χ1n) is 5.01. The Morgan fingerprint density at radius 3 is 2.69 bits per heavy atom. The van der Waals surface area contributed by atoms with Crippen molar-refractivity contribution < 1.29 is 14.7 Å². The van der Waals surface area contributed by atoms with Gasteiger partial charge in [0.2, 0.25) is 5.91 Å². The maximum Gasteiger partial charge on any atom is 0.303 e. The Bertz CT molecular complexity index is 398. The highest BCUT2D eigenvalue weighted by Crippen LogP contribution is 2.12. The molecule has 0 aliphatic carbocycles. The lowest BCUT2D eigenvalue weighted by Gasteiger charge is -2.03. The fourth-order valence-corrected chi connectivity index (χ4v) is 1.23. The molecule has 1 rings (SSSR count). The lowest BCUT2D eigenvalue weighted by atomic mass is 10.2. The molecule has 0 saturated heterocycles. The van der Waals surface area contributed by atoms with Crippen molar-refractivity contribution in [3.05, 3.63) is 11.9 Å². The molecule has 6 heteroatoms. The Hall–Kier alpha value is -1.85. The van der Waals surface area contributed by atoms with Crippen LogP contribution in [-0.4, -0.2) is 26.8 Å². The fourth-order valence-electron chi connectivity index (χ4n) is 1.23. The Labute approximate surface area is 93.3 Å². The molecule has 0 saturated carbocycles. The minimum absolute atomic E-state index is 0.0133. The number of aryl methyl sites for hydroxylation is 1. The Morgan fingerprint density at radius 2 is 2.19 bits per heavy atom. The summed E-state index contributed by atoms with van der Waals surface area (Å²) in [7, 11) is 1.79. The zero-order chi connectivity index (χ0) is 12.1. The number of anilines is 1. The summed E-state index contributed by atoms with van der Waals surface area (Å²) in [5, 5.41) is 15.1. The molecule has 16 heavy (non-hydrogen) atoms. The summed E-state index contributed by atoms with van der Waals surface area (Å²) in [5.41, 5.74) is 1.54. The minimum atomic E-state index is -0.884.